The van der Waals surface area contributed by atoms with Crippen molar-refractivity contribution >= 4 is 17.5 Å². The van der Waals surface area contributed by atoms with Gasteiger partial charge in [0.25, 0.3) is 0 Å². The van der Waals surface area contributed by atoms with Crippen molar-refractivity contribution in [2.75, 3.05) is 0 Å². The highest BCUT2D eigenvalue weighted by molar-refractivity contribution is 5.91. The second kappa shape index (κ2) is 6.25. The summed E-state index contributed by atoms with van der Waals surface area (Å²) >= 11 is 0. The summed E-state index contributed by atoms with van der Waals surface area (Å²) in [5.41, 5.74) is -0.792. The molecule has 1 N–H and O–H groups in total. The molecule has 3 fully saturated rings. The van der Waals surface area contributed by atoms with Crippen LogP contribution >= 0.6 is 0 Å². The van der Waals surface area contributed by atoms with Gasteiger partial charge in [-0.3, -0.25) is 14.4 Å². The molecular weight excluding hydrogens is 356 g/mol. The molecule has 0 spiro atoms. The SMILES string of the molecule is CC(=O)O[C@]1(C(C)=O)CC[C@H]2[C@@H]3CCC4=CC(=O)CC[C@]4(C)[C@H]3C[C@@H](O)[C@@]21C. The molecule has 5 nitrogen and oxygen atoms in total. The number of carbonyl (C=O) groups is 3. The zero-order valence-electron chi connectivity index (χ0n) is 17.4. The summed E-state index contributed by atoms with van der Waals surface area (Å²) in [4.78, 5) is 36.6. The molecule has 4 aliphatic carbocycles. The molecule has 0 amide bonds. The molecule has 0 aromatic heterocycles. The van der Waals surface area contributed by atoms with E-state index in [1.165, 1.54) is 19.4 Å². The van der Waals surface area contributed by atoms with Gasteiger partial charge in [0, 0.05) is 18.8 Å². The van der Waals surface area contributed by atoms with Gasteiger partial charge in [0.05, 0.1) is 6.10 Å². The molecule has 7 atom stereocenters. The number of ether oxygens (including phenoxy) is 1. The number of aliphatic hydroxyl groups excluding tert-OH is 1. The third-order valence-corrected chi connectivity index (χ3v) is 9.06. The van der Waals surface area contributed by atoms with Gasteiger partial charge in [0.15, 0.2) is 17.2 Å². The molecule has 0 radical (unpaired) electrons. The van der Waals surface area contributed by atoms with E-state index in [2.05, 4.69) is 6.92 Å². The summed E-state index contributed by atoms with van der Waals surface area (Å²) in [7, 11) is 0. The van der Waals surface area contributed by atoms with E-state index in [1.807, 2.05) is 13.0 Å². The number of hydrogen-bond donors (Lipinski definition) is 1. The average molecular weight is 389 g/mol. The Morgan fingerprint density at radius 1 is 1.11 bits per heavy atom. The van der Waals surface area contributed by atoms with E-state index in [0.29, 0.717) is 31.1 Å². The highest BCUT2D eigenvalue weighted by Gasteiger charge is 2.71. The third-order valence-electron chi connectivity index (χ3n) is 9.06. The quantitative estimate of drug-likeness (QED) is 0.734. The molecule has 0 unspecified atom stereocenters. The first-order chi connectivity index (χ1) is 13.1. The first-order valence-electron chi connectivity index (χ1n) is 10.7. The van der Waals surface area contributed by atoms with Crippen molar-refractivity contribution in [3.8, 4) is 0 Å². The van der Waals surface area contributed by atoms with Gasteiger partial charge in [0.2, 0.25) is 0 Å². The van der Waals surface area contributed by atoms with Crippen LogP contribution in [0.15, 0.2) is 11.6 Å². The Balaban J connectivity index is 1.76. The van der Waals surface area contributed by atoms with Crippen LogP contribution in [0.4, 0.5) is 0 Å². The number of ketones is 2. The van der Waals surface area contributed by atoms with Crippen molar-refractivity contribution in [3.05, 3.63) is 11.6 Å². The first-order valence-corrected chi connectivity index (χ1v) is 10.7. The maximum Gasteiger partial charge on any atom is 0.303 e. The fourth-order valence-electron chi connectivity index (χ4n) is 7.59. The van der Waals surface area contributed by atoms with Gasteiger partial charge in [-0.05, 0) is 74.7 Å². The van der Waals surface area contributed by atoms with Crippen LogP contribution in [0, 0.1) is 28.6 Å². The second-order valence-corrected chi connectivity index (χ2v) is 10.0. The molecule has 0 aromatic rings. The molecular formula is C23H32O5. The Morgan fingerprint density at radius 3 is 2.46 bits per heavy atom. The maximum atomic E-state index is 12.8. The van der Waals surface area contributed by atoms with Crippen LogP contribution in [-0.4, -0.2) is 34.3 Å². The number of rotatable bonds is 2. The fourth-order valence-corrected chi connectivity index (χ4v) is 7.59. The molecule has 3 saturated carbocycles. The third kappa shape index (κ3) is 2.38. The number of Topliss-reactive ketones (excluding diaryl/α,β-unsaturated/α-hetero) is 1. The molecule has 0 aromatic carbocycles. The lowest BCUT2D eigenvalue weighted by Gasteiger charge is -2.60. The molecule has 0 bridgehead atoms. The standard InChI is InChI=1S/C23H32O5/c1-13(24)23(28-14(2)25)10-8-18-17-6-5-15-11-16(26)7-9-21(15,3)19(17)12-20(27)22(18,23)4/h11,17-20,27H,5-10,12H2,1-4H3/t17-,18-,19-,20+,21-,22+,23-/m0/s1. The minimum atomic E-state index is -1.23. The smallest absolute Gasteiger partial charge is 0.303 e. The Hall–Kier alpha value is -1.49. The minimum Gasteiger partial charge on any atom is -0.451 e. The predicted molar refractivity (Wildman–Crippen MR) is 103 cm³/mol. The van der Waals surface area contributed by atoms with E-state index >= 15 is 0 Å². The summed E-state index contributed by atoms with van der Waals surface area (Å²) in [5, 5.41) is 11.4. The van der Waals surface area contributed by atoms with E-state index in [1.54, 1.807) is 0 Å². The van der Waals surface area contributed by atoms with E-state index in [4.69, 9.17) is 4.74 Å². The number of esters is 1. The van der Waals surface area contributed by atoms with Crippen LogP contribution in [0.25, 0.3) is 0 Å². The van der Waals surface area contributed by atoms with Crippen molar-refractivity contribution in [2.24, 2.45) is 28.6 Å². The van der Waals surface area contributed by atoms with Crippen molar-refractivity contribution in [1.82, 2.24) is 0 Å². The van der Waals surface area contributed by atoms with Gasteiger partial charge in [-0.25, -0.2) is 0 Å². The Kier molecular flexibility index (Phi) is 4.42. The highest BCUT2D eigenvalue weighted by atomic mass is 16.6. The second-order valence-electron chi connectivity index (χ2n) is 10.0. The molecule has 0 heterocycles. The zero-order valence-corrected chi connectivity index (χ0v) is 17.4. The molecule has 154 valence electrons. The fraction of sp³-hybridized carbons (Fsp3) is 0.783. The van der Waals surface area contributed by atoms with Gasteiger partial charge in [-0.2, -0.15) is 0 Å². The minimum absolute atomic E-state index is 0.0535. The summed E-state index contributed by atoms with van der Waals surface area (Å²) in [5.74, 6) is 0.419. The van der Waals surface area contributed by atoms with Crippen molar-refractivity contribution < 1.29 is 24.2 Å². The first kappa shape index (κ1) is 19.8. The van der Waals surface area contributed by atoms with Crippen LogP contribution < -0.4 is 0 Å². The van der Waals surface area contributed by atoms with Crippen LogP contribution in [0.1, 0.15) is 72.6 Å². The van der Waals surface area contributed by atoms with Gasteiger partial charge >= 0.3 is 5.97 Å². The van der Waals surface area contributed by atoms with Crippen LogP contribution in [-0.2, 0) is 19.1 Å². The maximum absolute atomic E-state index is 12.8. The number of allylic oxidation sites excluding steroid dienone is 1. The van der Waals surface area contributed by atoms with E-state index < -0.39 is 23.1 Å². The Bertz CT molecular complexity index is 769. The van der Waals surface area contributed by atoms with Crippen LogP contribution in [0.3, 0.4) is 0 Å². The normalized spacial score (nSPS) is 47.5. The Morgan fingerprint density at radius 2 is 1.82 bits per heavy atom. The lowest BCUT2D eigenvalue weighted by molar-refractivity contribution is -0.209. The van der Waals surface area contributed by atoms with Gasteiger partial charge in [-0.15, -0.1) is 0 Å². The van der Waals surface area contributed by atoms with Gasteiger partial charge < -0.3 is 9.84 Å². The Labute approximate surface area is 166 Å². The lowest BCUT2D eigenvalue weighted by Crippen LogP contribution is -2.64. The molecule has 0 aliphatic heterocycles. The number of hydrogen-bond acceptors (Lipinski definition) is 5. The van der Waals surface area contributed by atoms with E-state index in [9.17, 15) is 19.5 Å². The number of carbonyl (C=O) groups excluding carboxylic acids is 3. The summed E-state index contributed by atoms with van der Waals surface area (Å²) in [6.45, 7) is 7.06. The molecule has 5 heteroatoms. The van der Waals surface area contributed by atoms with Crippen molar-refractivity contribution in [2.45, 2.75) is 84.3 Å². The van der Waals surface area contributed by atoms with Gasteiger partial charge in [-0.1, -0.05) is 19.4 Å². The monoisotopic (exact) mass is 388 g/mol. The zero-order chi connectivity index (χ0) is 20.5. The topological polar surface area (TPSA) is 80.7 Å². The van der Waals surface area contributed by atoms with Crippen molar-refractivity contribution in [3.63, 3.8) is 0 Å². The largest absolute Gasteiger partial charge is 0.451 e. The highest BCUT2D eigenvalue weighted by Crippen LogP contribution is 2.68. The van der Waals surface area contributed by atoms with Crippen molar-refractivity contribution in [1.29, 1.82) is 0 Å². The van der Waals surface area contributed by atoms with Crippen LogP contribution in [0.2, 0.25) is 0 Å². The summed E-state index contributed by atoms with van der Waals surface area (Å²) < 4.78 is 5.72. The molecule has 0 saturated heterocycles. The average Bonchev–Trinajstić information content (AvgIpc) is 2.91. The molecule has 4 rings (SSSR count). The van der Waals surface area contributed by atoms with Gasteiger partial charge in [0.1, 0.15) is 0 Å². The molecule has 28 heavy (non-hydrogen) atoms. The summed E-state index contributed by atoms with van der Waals surface area (Å²) in [6, 6.07) is 0. The number of aliphatic hydroxyl groups is 1. The molecule has 4 aliphatic rings. The lowest BCUT2D eigenvalue weighted by atomic mass is 9.45. The van der Waals surface area contributed by atoms with E-state index in [0.717, 1.165) is 25.7 Å². The predicted octanol–water partition coefficient (Wildman–Crippen LogP) is 3.38. The summed E-state index contributed by atoms with van der Waals surface area (Å²) in [6.07, 6.45) is 6.31. The van der Waals surface area contributed by atoms with E-state index in [-0.39, 0.29) is 22.9 Å². The van der Waals surface area contributed by atoms with Crippen LogP contribution in [0.5, 0.6) is 0 Å². The number of fused-ring (bicyclic) bond motifs is 5.